The molecule has 3 rings (SSSR count). The first kappa shape index (κ1) is 20.1. The summed E-state index contributed by atoms with van der Waals surface area (Å²) < 4.78 is 10.4. The first-order valence-corrected chi connectivity index (χ1v) is 9.08. The van der Waals surface area contributed by atoms with Crippen LogP contribution in [-0.2, 0) is 4.79 Å². The minimum atomic E-state index is -0.394. The molecule has 0 aliphatic heterocycles. The number of rotatable bonds is 6. The molecule has 0 radical (unpaired) electrons. The summed E-state index contributed by atoms with van der Waals surface area (Å²) in [5.41, 5.74) is 1.09. The molecule has 1 heterocycles. The van der Waals surface area contributed by atoms with E-state index in [2.05, 4.69) is 10.6 Å². The molecule has 0 bridgehead atoms. The van der Waals surface area contributed by atoms with Crippen molar-refractivity contribution in [2.45, 2.75) is 0 Å². The maximum absolute atomic E-state index is 12.0. The largest absolute Gasteiger partial charge is 0.482 e. The van der Waals surface area contributed by atoms with Crippen molar-refractivity contribution in [3.63, 3.8) is 0 Å². The van der Waals surface area contributed by atoms with Crippen LogP contribution in [0.2, 0.25) is 15.1 Å². The van der Waals surface area contributed by atoms with Crippen LogP contribution in [0.4, 0.5) is 11.4 Å². The highest BCUT2D eigenvalue weighted by Gasteiger charge is 2.11. The molecule has 2 N–H and O–H groups in total. The number of ether oxygens (including phenoxy) is 1. The number of nitrogens with one attached hydrogen (secondary N) is 2. The van der Waals surface area contributed by atoms with Gasteiger partial charge in [-0.1, -0.05) is 34.8 Å². The predicted molar refractivity (Wildman–Crippen MR) is 109 cm³/mol. The van der Waals surface area contributed by atoms with Crippen LogP contribution in [0.3, 0.4) is 0 Å². The van der Waals surface area contributed by atoms with Gasteiger partial charge in [0, 0.05) is 17.4 Å². The third kappa shape index (κ3) is 5.19. The standard InChI is InChI=1S/C19H13Cl3N2O4/c20-13-8-15(22)17(9-14(13)21)28-10-18(25)23-11-3-5-12(6-4-11)24-19(26)16-2-1-7-27-16/h1-9H,10H2,(H,23,25)(H,24,26). The Bertz CT molecular complexity index is 989. The van der Waals surface area contributed by atoms with Crippen molar-refractivity contribution < 1.29 is 18.7 Å². The Balaban J connectivity index is 1.53. The molecule has 144 valence electrons. The highest BCUT2D eigenvalue weighted by Crippen LogP contribution is 2.33. The number of benzene rings is 2. The van der Waals surface area contributed by atoms with Gasteiger partial charge in [-0.3, -0.25) is 9.59 Å². The molecule has 0 spiro atoms. The number of furan rings is 1. The van der Waals surface area contributed by atoms with E-state index in [1.54, 1.807) is 36.4 Å². The monoisotopic (exact) mass is 438 g/mol. The topological polar surface area (TPSA) is 80.6 Å². The van der Waals surface area contributed by atoms with E-state index in [4.69, 9.17) is 44.0 Å². The SMILES string of the molecule is O=C(COc1cc(Cl)c(Cl)cc1Cl)Nc1ccc(NC(=O)c2ccco2)cc1. The van der Waals surface area contributed by atoms with Gasteiger partial charge < -0.3 is 19.8 Å². The van der Waals surface area contributed by atoms with E-state index in [1.807, 2.05) is 0 Å². The van der Waals surface area contributed by atoms with Gasteiger partial charge >= 0.3 is 0 Å². The third-order valence-corrected chi connectivity index (χ3v) is 4.52. The lowest BCUT2D eigenvalue weighted by molar-refractivity contribution is -0.118. The zero-order valence-corrected chi connectivity index (χ0v) is 16.4. The Morgan fingerprint density at radius 1 is 0.893 bits per heavy atom. The van der Waals surface area contributed by atoms with Gasteiger partial charge in [-0.15, -0.1) is 0 Å². The van der Waals surface area contributed by atoms with Crippen molar-refractivity contribution in [2.75, 3.05) is 17.2 Å². The lowest BCUT2D eigenvalue weighted by atomic mass is 10.2. The van der Waals surface area contributed by atoms with Gasteiger partial charge in [0.2, 0.25) is 0 Å². The zero-order valence-electron chi connectivity index (χ0n) is 14.2. The number of halogens is 3. The smallest absolute Gasteiger partial charge is 0.291 e. The Morgan fingerprint density at radius 2 is 1.54 bits per heavy atom. The summed E-state index contributed by atoms with van der Waals surface area (Å²) in [6, 6.07) is 12.6. The highest BCUT2D eigenvalue weighted by molar-refractivity contribution is 6.43. The van der Waals surface area contributed by atoms with Crippen LogP contribution in [-0.4, -0.2) is 18.4 Å². The zero-order chi connectivity index (χ0) is 20.1. The molecule has 9 heteroatoms. The van der Waals surface area contributed by atoms with Crippen molar-refractivity contribution in [2.24, 2.45) is 0 Å². The van der Waals surface area contributed by atoms with Gasteiger partial charge in [0.1, 0.15) is 5.75 Å². The minimum Gasteiger partial charge on any atom is -0.482 e. The number of anilines is 2. The van der Waals surface area contributed by atoms with Gasteiger partial charge in [-0.2, -0.15) is 0 Å². The molecule has 28 heavy (non-hydrogen) atoms. The predicted octanol–water partition coefficient (Wildman–Crippen LogP) is 5.51. The molecule has 2 aromatic carbocycles. The normalized spacial score (nSPS) is 10.4. The first-order chi connectivity index (χ1) is 13.4. The van der Waals surface area contributed by atoms with E-state index in [0.29, 0.717) is 16.4 Å². The van der Waals surface area contributed by atoms with E-state index in [0.717, 1.165) is 0 Å². The fourth-order valence-corrected chi connectivity index (χ4v) is 2.78. The van der Waals surface area contributed by atoms with Crippen molar-refractivity contribution in [1.82, 2.24) is 0 Å². The van der Waals surface area contributed by atoms with Gasteiger partial charge in [0.15, 0.2) is 12.4 Å². The lowest BCUT2D eigenvalue weighted by Gasteiger charge is -2.10. The molecule has 0 aliphatic carbocycles. The fourth-order valence-electron chi connectivity index (χ4n) is 2.19. The van der Waals surface area contributed by atoms with Crippen LogP contribution in [0.15, 0.2) is 59.2 Å². The van der Waals surface area contributed by atoms with Gasteiger partial charge in [0.25, 0.3) is 11.8 Å². The van der Waals surface area contributed by atoms with E-state index in [9.17, 15) is 9.59 Å². The second kappa shape index (κ2) is 9.01. The molecule has 0 unspecified atom stereocenters. The van der Waals surface area contributed by atoms with E-state index >= 15 is 0 Å². The lowest BCUT2D eigenvalue weighted by Crippen LogP contribution is -2.20. The number of hydrogen-bond acceptors (Lipinski definition) is 4. The average Bonchev–Trinajstić information content (AvgIpc) is 3.20. The van der Waals surface area contributed by atoms with Gasteiger partial charge in [0.05, 0.1) is 21.3 Å². The minimum absolute atomic E-state index is 0.204. The quantitative estimate of drug-likeness (QED) is 0.496. The Kier molecular flexibility index (Phi) is 6.46. The molecule has 0 atom stereocenters. The number of amides is 2. The van der Waals surface area contributed by atoms with Gasteiger partial charge in [-0.05, 0) is 42.5 Å². The summed E-state index contributed by atoms with van der Waals surface area (Å²) >= 11 is 17.8. The van der Waals surface area contributed by atoms with E-state index in [1.165, 1.54) is 18.4 Å². The van der Waals surface area contributed by atoms with Crippen molar-refractivity contribution in [1.29, 1.82) is 0 Å². The molecule has 1 aromatic heterocycles. The van der Waals surface area contributed by atoms with Crippen molar-refractivity contribution in [3.05, 3.63) is 75.6 Å². The summed E-state index contributed by atoms with van der Waals surface area (Å²) in [6.45, 7) is -0.269. The van der Waals surface area contributed by atoms with Crippen molar-refractivity contribution in [3.8, 4) is 5.75 Å². The summed E-state index contributed by atoms with van der Waals surface area (Å²) in [7, 11) is 0. The van der Waals surface area contributed by atoms with Crippen LogP contribution in [0.1, 0.15) is 10.6 Å². The number of carbonyl (C=O) groups is 2. The highest BCUT2D eigenvalue weighted by atomic mass is 35.5. The molecule has 2 amide bonds. The van der Waals surface area contributed by atoms with Crippen LogP contribution in [0.5, 0.6) is 5.75 Å². The summed E-state index contributed by atoms with van der Waals surface area (Å²) in [5.74, 6) is -0.305. The van der Waals surface area contributed by atoms with Crippen molar-refractivity contribution >= 4 is 58.0 Å². The number of carbonyl (C=O) groups excluding carboxylic acids is 2. The van der Waals surface area contributed by atoms with Crippen LogP contribution >= 0.6 is 34.8 Å². The summed E-state index contributed by atoms with van der Waals surface area (Å²) in [5, 5.41) is 6.16. The molecular weight excluding hydrogens is 427 g/mol. The summed E-state index contributed by atoms with van der Waals surface area (Å²) in [6.07, 6.45) is 1.42. The Hall–Kier alpha value is -2.67. The van der Waals surface area contributed by atoms with E-state index < -0.39 is 5.91 Å². The maximum Gasteiger partial charge on any atom is 0.291 e. The van der Waals surface area contributed by atoms with Gasteiger partial charge in [-0.25, -0.2) is 0 Å². The number of hydrogen-bond donors (Lipinski definition) is 2. The summed E-state index contributed by atoms with van der Waals surface area (Å²) in [4.78, 5) is 24.0. The Labute approximate surface area is 175 Å². The molecule has 0 saturated heterocycles. The molecule has 0 aliphatic rings. The molecule has 0 saturated carbocycles. The van der Waals surface area contributed by atoms with Crippen LogP contribution < -0.4 is 15.4 Å². The van der Waals surface area contributed by atoms with E-state index in [-0.39, 0.29) is 34.1 Å². The fraction of sp³-hybridized carbons (Fsp3) is 0.0526. The second-order valence-electron chi connectivity index (χ2n) is 5.54. The molecule has 6 nitrogen and oxygen atoms in total. The molecule has 3 aromatic rings. The molecular formula is C19H13Cl3N2O4. The Morgan fingerprint density at radius 3 is 2.18 bits per heavy atom. The second-order valence-corrected chi connectivity index (χ2v) is 6.76. The van der Waals surface area contributed by atoms with Crippen LogP contribution in [0, 0.1) is 0 Å². The van der Waals surface area contributed by atoms with Crippen LogP contribution in [0.25, 0.3) is 0 Å². The third-order valence-electron chi connectivity index (χ3n) is 3.51. The molecule has 0 fully saturated rings. The first-order valence-electron chi connectivity index (χ1n) is 7.94. The maximum atomic E-state index is 12.0. The average molecular weight is 440 g/mol.